The predicted octanol–water partition coefficient (Wildman–Crippen LogP) is 0.615. The second kappa shape index (κ2) is 6.32. The fraction of sp³-hybridized carbons (Fsp3) is 0.500. The Bertz CT molecular complexity index is 756. The maximum absolute atomic E-state index is 12.6. The molecule has 0 aliphatic carbocycles. The normalized spacial score (nSPS) is 18.3. The van der Waals surface area contributed by atoms with Gasteiger partial charge in [-0.2, -0.15) is 8.61 Å². The van der Waals surface area contributed by atoms with Crippen LogP contribution in [0.15, 0.2) is 23.1 Å². The summed E-state index contributed by atoms with van der Waals surface area (Å²) in [4.78, 5) is 0.0612. The maximum Gasteiger partial charge on any atom is 0.243 e. The molecule has 0 amide bonds. The van der Waals surface area contributed by atoms with Crippen LogP contribution in [-0.2, 0) is 20.0 Å². The van der Waals surface area contributed by atoms with Gasteiger partial charge in [0.2, 0.25) is 20.0 Å². The fourth-order valence-corrected chi connectivity index (χ4v) is 4.80. The molecule has 0 unspecified atom stereocenters. The predicted molar refractivity (Wildman–Crippen MR) is 83.2 cm³/mol. The average Bonchev–Trinajstić information content (AvgIpc) is 2.46. The maximum atomic E-state index is 12.6. The zero-order valence-electron chi connectivity index (χ0n) is 12.2. The molecule has 0 N–H and O–H groups in total. The highest BCUT2D eigenvalue weighted by Gasteiger charge is 2.31. The molecule has 0 saturated carbocycles. The lowest BCUT2D eigenvalue weighted by Gasteiger charge is -2.32. The van der Waals surface area contributed by atoms with E-state index in [0.29, 0.717) is 5.75 Å². The molecule has 0 radical (unpaired) electrons. The van der Waals surface area contributed by atoms with Crippen molar-refractivity contribution in [2.45, 2.75) is 4.90 Å². The molecular weight excluding hydrogens is 352 g/mol. The number of halogens is 1. The van der Waals surface area contributed by atoms with Crippen molar-refractivity contribution in [2.24, 2.45) is 0 Å². The van der Waals surface area contributed by atoms with Crippen LogP contribution in [0.2, 0.25) is 5.02 Å². The summed E-state index contributed by atoms with van der Waals surface area (Å²) in [5.74, 6) is 0.391. The highest BCUT2D eigenvalue weighted by molar-refractivity contribution is 7.89. The Morgan fingerprint density at radius 3 is 2.05 bits per heavy atom. The minimum atomic E-state index is -3.71. The van der Waals surface area contributed by atoms with Crippen LogP contribution in [0.1, 0.15) is 0 Å². The molecule has 10 heteroatoms. The van der Waals surface area contributed by atoms with E-state index >= 15 is 0 Å². The van der Waals surface area contributed by atoms with Crippen LogP contribution in [-0.4, -0.2) is 65.0 Å². The van der Waals surface area contributed by atoms with Gasteiger partial charge in [-0.3, -0.25) is 0 Å². The first-order chi connectivity index (χ1) is 10.2. The van der Waals surface area contributed by atoms with Crippen LogP contribution < -0.4 is 4.74 Å². The minimum absolute atomic E-state index is 0.0612. The molecule has 1 heterocycles. The van der Waals surface area contributed by atoms with Gasteiger partial charge in [0.15, 0.2) is 0 Å². The van der Waals surface area contributed by atoms with Crippen LogP contribution >= 0.6 is 11.6 Å². The number of ether oxygens (including phenoxy) is 1. The molecule has 0 spiro atoms. The molecule has 7 nitrogen and oxygen atoms in total. The number of hydrogen-bond acceptors (Lipinski definition) is 5. The Morgan fingerprint density at radius 1 is 1.05 bits per heavy atom. The second-order valence-corrected chi connectivity index (χ2v) is 9.19. The number of nitrogens with zero attached hydrogens (tertiary/aromatic N) is 2. The lowest BCUT2D eigenvalue weighted by atomic mass is 10.3. The lowest BCUT2D eigenvalue weighted by molar-refractivity contribution is 0.274. The Hall–Kier alpha value is -0.870. The van der Waals surface area contributed by atoms with Gasteiger partial charge in [0.05, 0.1) is 23.3 Å². The molecule has 0 atom stereocenters. The summed E-state index contributed by atoms with van der Waals surface area (Å²) in [6.45, 7) is 0.502. The van der Waals surface area contributed by atoms with Crippen molar-refractivity contribution in [3.05, 3.63) is 23.2 Å². The molecule has 1 aromatic carbocycles. The molecule has 1 aliphatic heterocycles. The number of piperazine rings is 1. The van der Waals surface area contributed by atoms with Crippen molar-refractivity contribution >= 4 is 31.6 Å². The molecule has 2 rings (SSSR count). The van der Waals surface area contributed by atoms with E-state index < -0.39 is 20.0 Å². The van der Waals surface area contributed by atoms with Gasteiger partial charge >= 0.3 is 0 Å². The van der Waals surface area contributed by atoms with Crippen LogP contribution in [0.25, 0.3) is 0 Å². The van der Waals surface area contributed by atoms with E-state index in [1.807, 2.05) is 0 Å². The first kappa shape index (κ1) is 17.5. The van der Waals surface area contributed by atoms with E-state index in [-0.39, 0.29) is 36.1 Å². The molecule has 1 aromatic rings. The van der Waals surface area contributed by atoms with E-state index in [2.05, 4.69) is 0 Å². The van der Waals surface area contributed by atoms with Gasteiger partial charge in [0, 0.05) is 26.2 Å². The molecule has 22 heavy (non-hydrogen) atoms. The van der Waals surface area contributed by atoms with E-state index in [1.165, 1.54) is 33.9 Å². The Labute approximate surface area is 135 Å². The molecule has 0 bridgehead atoms. The van der Waals surface area contributed by atoms with Crippen LogP contribution in [0.4, 0.5) is 0 Å². The summed E-state index contributed by atoms with van der Waals surface area (Å²) in [5, 5.41) is 0.207. The van der Waals surface area contributed by atoms with Crippen LogP contribution in [0.3, 0.4) is 0 Å². The fourth-order valence-electron chi connectivity index (χ4n) is 2.20. The van der Waals surface area contributed by atoms with Crippen molar-refractivity contribution in [1.29, 1.82) is 0 Å². The van der Waals surface area contributed by atoms with E-state index in [0.717, 1.165) is 6.26 Å². The molecule has 1 fully saturated rings. The highest BCUT2D eigenvalue weighted by atomic mass is 35.5. The Kier molecular flexibility index (Phi) is 5.03. The molecular formula is C12H17ClN2O5S2. The third-order valence-electron chi connectivity index (χ3n) is 3.43. The quantitative estimate of drug-likeness (QED) is 0.777. The number of benzene rings is 1. The largest absolute Gasteiger partial charge is 0.495 e. The van der Waals surface area contributed by atoms with Crippen molar-refractivity contribution in [3.8, 4) is 5.75 Å². The standard InChI is InChI=1S/C12H17ClN2O5S2/c1-20-12-4-3-10(9-11(12)13)22(18,19)15-7-5-14(6-8-15)21(2,16)17/h3-4,9H,5-8H2,1-2H3. The van der Waals surface area contributed by atoms with Crippen LogP contribution in [0, 0.1) is 0 Å². The van der Waals surface area contributed by atoms with Crippen molar-refractivity contribution in [2.75, 3.05) is 39.5 Å². The molecule has 124 valence electrons. The van der Waals surface area contributed by atoms with E-state index in [9.17, 15) is 16.8 Å². The van der Waals surface area contributed by atoms with Gasteiger partial charge in [-0.15, -0.1) is 0 Å². The Morgan fingerprint density at radius 2 is 1.59 bits per heavy atom. The zero-order chi connectivity index (χ0) is 16.5. The lowest BCUT2D eigenvalue weighted by Crippen LogP contribution is -2.50. The summed E-state index contributed by atoms with van der Waals surface area (Å²) in [5.41, 5.74) is 0. The van der Waals surface area contributed by atoms with Gasteiger partial charge in [-0.05, 0) is 18.2 Å². The van der Waals surface area contributed by atoms with Gasteiger partial charge in [0.1, 0.15) is 5.75 Å². The Balaban J connectivity index is 2.20. The number of hydrogen-bond donors (Lipinski definition) is 0. The van der Waals surface area contributed by atoms with Crippen molar-refractivity contribution < 1.29 is 21.6 Å². The SMILES string of the molecule is COc1ccc(S(=O)(=O)N2CCN(S(C)(=O)=O)CC2)cc1Cl. The smallest absolute Gasteiger partial charge is 0.243 e. The zero-order valence-corrected chi connectivity index (χ0v) is 14.6. The summed E-state index contributed by atoms with van der Waals surface area (Å²) in [6.07, 6.45) is 1.11. The van der Waals surface area contributed by atoms with E-state index in [4.69, 9.17) is 16.3 Å². The van der Waals surface area contributed by atoms with Gasteiger partial charge < -0.3 is 4.74 Å². The van der Waals surface area contributed by atoms with Gasteiger partial charge in [-0.1, -0.05) is 11.6 Å². The number of sulfonamides is 2. The van der Waals surface area contributed by atoms with Gasteiger partial charge in [0.25, 0.3) is 0 Å². The first-order valence-corrected chi connectivity index (χ1v) is 10.1. The summed E-state index contributed by atoms with van der Waals surface area (Å²) >= 11 is 5.96. The minimum Gasteiger partial charge on any atom is -0.495 e. The second-order valence-electron chi connectivity index (χ2n) is 4.86. The topological polar surface area (TPSA) is 84.0 Å². The third kappa shape index (κ3) is 3.54. The number of methoxy groups -OCH3 is 1. The third-order valence-corrected chi connectivity index (χ3v) is 6.92. The first-order valence-electron chi connectivity index (χ1n) is 6.45. The number of rotatable bonds is 4. The van der Waals surface area contributed by atoms with Crippen LogP contribution in [0.5, 0.6) is 5.75 Å². The molecule has 1 aliphatic rings. The monoisotopic (exact) mass is 368 g/mol. The van der Waals surface area contributed by atoms with Gasteiger partial charge in [-0.25, -0.2) is 16.8 Å². The molecule has 0 aromatic heterocycles. The molecule has 1 saturated heterocycles. The summed E-state index contributed by atoms with van der Waals surface area (Å²) in [6, 6.07) is 4.24. The highest BCUT2D eigenvalue weighted by Crippen LogP contribution is 2.28. The van der Waals surface area contributed by atoms with Crippen molar-refractivity contribution in [3.63, 3.8) is 0 Å². The summed E-state index contributed by atoms with van der Waals surface area (Å²) in [7, 11) is -5.56. The summed E-state index contributed by atoms with van der Waals surface area (Å²) < 4.78 is 55.5. The average molecular weight is 369 g/mol. The van der Waals surface area contributed by atoms with Crippen molar-refractivity contribution in [1.82, 2.24) is 8.61 Å². The van der Waals surface area contributed by atoms with E-state index in [1.54, 1.807) is 0 Å².